The Labute approximate surface area is 209 Å². The fourth-order valence-electron chi connectivity index (χ4n) is 3.87. The van der Waals surface area contributed by atoms with Gasteiger partial charge in [-0.3, -0.25) is 14.5 Å². The molecule has 10 nitrogen and oxygen atoms in total. The lowest BCUT2D eigenvalue weighted by Crippen LogP contribution is -2.59. The molecule has 35 heavy (non-hydrogen) atoms. The highest BCUT2D eigenvalue weighted by Crippen LogP contribution is 2.25. The molecule has 3 aliphatic heterocycles. The quantitative estimate of drug-likeness (QED) is 0.686. The van der Waals surface area contributed by atoms with E-state index in [0.717, 1.165) is 31.8 Å². The van der Waals surface area contributed by atoms with Crippen LogP contribution in [0.3, 0.4) is 0 Å². The Kier molecular flexibility index (Phi) is 11.5. The molecule has 1 atom stereocenters. The first-order valence-corrected chi connectivity index (χ1v) is 12.8. The maximum absolute atomic E-state index is 12.6. The van der Waals surface area contributed by atoms with Crippen LogP contribution in [0.2, 0.25) is 0 Å². The van der Waals surface area contributed by atoms with Crippen LogP contribution >= 0.6 is 0 Å². The molecule has 1 aromatic rings. The fourth-order valence-corrected chi connectivity index (χ4v) is 3.87. The molecule has 3 fully saturated rings. The molecule has 3 saturated heterocycles. The maximum Gasteiger partial charge on any atom is 0.418 e. The van der Waals surface area contributed by atoms with Gasteiger partial charge in [-0.15, -0.1) is 0 Å². The second kappa shape index (κ2) is 14.1. The van der Waals surface area contributed by atoms with Crippen molar-refractivity contribution in [1.82, 2.24) is 25.2 Å². The van der Waals surface area contributed by atoms with Gasteiger partial charge in [-0.25, -0.2) is 4.79 Å². The molecule has 1 unspecified atom stereocenters. The number of unbranched alkanes of at least 4 members (excludes halogenated alkanes) is 1. The Hall–Kier alpha value is -2.62. The van der Waals surface area contributed by atoms with E-state index < -0.39 is 12.3 Å². The molecule has 0 aliphatic carbocycles. The smallest absolute Gasteiger partial charge is 0.387 e. The number of carbonyl (C=O) groups is 3. The summed E-state index contributed by atoms with van der Waals surface area (Å²) in [6.45, 7) is 15.3. The Morgan fingerprint density at radius 2 is 1.77 bits per heavy atom. The predicted octanol–water partition coefficient (Wildman–Crippen LogP) is 3.26. The Balaban J connectivity index is 0.000000473. The number of aryl methyl sites for hydroxylation is 1. The van der Waals surface area contributed by atoms with Crippen LogP contribution < -0.4 is 10.1 Å². The molecule has 4 rings (SSSR count). The van der Waals surface area contributed by atoms with Crippen molar-refractivity contribution >= 4 is 17.9 Å². The average Bonchev–Trinajstić information content (AvgIpc) is 3.37. The minimum atomic E-state index is -0.663. The van der Waals surface area contributed by atoms with Gasteiger partial charge in [-0.05, 0) is 49.8 Å². The monoisotopic (exact) mass is 493 g/mol. The van der Waals surface area contributed by atoms with Crippen molar-refractivity contribution in [2.24, 2.45) is 11.8 Å². The number of amides is 3. The molecule has 0 bridgehead atoms. The first kappa shape index (κ1) is 28.6. The van der Waals surface area contributed by atoms with Crippen LogP contribution in [0.4, 0.5) is 4.79 Å². The number of piperidine rings is 1. The highest BCUT2D eigenvalue weighted by molar-refractivity contribution is 5.91. The third-order valence-corrected chi connectivity index (χ3v) is 5.95. The largest absolute Gasteiger partial charge is 0.418 e. The first-order chi connectivity index (χ1) is 16.7. The molecule has 198 valence electrons. The number of hydrogen-bond acceptors (Lipinski definition) is 7. The number of aromatic nitrogens is 1. The summed E-state index contributed by atoms with van der Waals surface area (Å²) in [5, 5.41) is 6.95. The fraction of sp³-hybridized carbons (Fsp3) is 0.760. The van der Waals surface area contributed by atoms with Crippen LogP contribution in [-0.4, -0.2) is 83.2 Å². The van der Waals surface area contributed by atoms with E-state index in [4.69, 9.17) is 9.26 Å². The van der Waals surface area contributed by atoms with Gasteiger partial charge in [0.1, 0.15) is 25.5 Å². The summed E-state index contributed by atoms with van der Waals surface area (Å²) >= 11 is 0. The third-order valence-electron chi connectivity index (χ3n) is 5.95. The van der Waals surface area contributed by atoms with Gasteiger partial charge < -0.3 is 24.4 Å². The molecule has 4 heterocycles. The highest BCUT2D eigenvalue weighted by Gasteiger charge is 2.47. The maximum atomic E-state index is 12.6. The minimum absolute atomic E-state index is 0.00123. The standard InChI is InChI=1S/C17H23N5O5.2C4H10/c1-11-10-26-19-16(11)27-17(25)22-9-15(24)21-8-14(23)20(7-13(21)22)6-12-2-4-18-5-3-12;1-4(2)3;1-3-4-2/h10,12-13,18H,2-9H2,1H3;4H,1-3H3;3-4H2,1-2H3. The Morgan fingerprint density at radius 1 is 1.14 bits per heavy atom. The molecule has 3 aliphatic rings. The van der Waals surface area contributed by atoms with Crippen molar-refractivity contribution in [2.75, 3.05) is 39.3 Å². The van der Waals surface area contributed by atoms with E-state index in [2.05, 4.69) is 45.1 Å². The van der Waals surface area contributed by atoms with Gasteiger partial charge in [-0.2, -0.15) is 0 Å². The summed E-state index contributed by atoms with van der Waals surface area (Å²) in [5.41, 5.74) is 0.595. The molecule has 0 saturated carbocycles. The van der Waals surface area contributed by atoms with Crippen LogP contribution in [-0.2, 0) is 9.59 Å². The summed E-state index contributed by atoms with van der Waals surface area (Å²) in [5.74, 6) is 1.05. The lowest BCUT2D eigenvalue weighted by molar-refractivity contribution is -0.146. The normalized spacial score (nSPS) is 20.2. The number of carbonyl (C=O) groups excluding carboxylic acids is 3. The van der Waals surface area contributed by atoms with Crippen molar-refractivity contribution in [2.45, 2.75) is 73.4 Å². The van der Waals surface area contributed by atoms with E-state index in [9.17, 15) is 14.4 Å². The number of rotatable bonds is 4. The molecule has 0 radical (unpaired) electrons. The summed E-state index contributed by atoms with van der Waals surface area (Å²) in [4.78, 5) is 42.0. The number of nitrogens with zero attached hydrogens (tertiary/aromatic N) is 4. The SMILES string of the molecule is CC(C)C.CCCC.Cc1conc1OC(=O)N1CC(=O)N2CC(=O)N(CC3CCNCC3)CC21. The van der Waals surface area contributed by atoms with Gasteiger partial charge in [0.25, 0.3) is 5.88 Å². The van der Waals surface area contributed by atoms with Gasteiger partial charge in [0.2, 0.25) is 11.8 Å². The average molecular weight is 494 g/mol. The zero-order chi connectivity index (χ0) is 26.0. The Morgan fingerprint density at radius 3 is 2.31 bits per heavy atom. The van der Waals surface area contributed by atoms with Crippen molar-refractivity contribution in [3.63, 3.8) is 0 Å². The zero-order valence-electron chi connectivity index (χ0n) is 22.2. The van der Waals surface area contributed by atoms with Gasteiger partial charge in [0.05, 0.1) is 12.1 Å². The summed E-state index contributed by atoms with van der Waals surface area (Å²) in [6.07, 6.45) is 4.90. The van der Waals surface area contributed by atoms with Crippen LogP contribution in [0.25, 0.3) is 0 Å². The van der Waals surface area contributed by atoms with E-state index in [1.165, 1.54) is 28.9 Å². The molecular weight excluding hydrogens is 450 g/mol. The van der Waals surface area contributed by atoms with Gasteiger partial charge in [-0.1, -0.05) is 47.5 Å². The number of ether oxygens (including phenoxy) is 1. The van der Waals surface area contributed by atoms with E-state index in [1.54, 1.807) is 11.8 Å². The van der Waals surface area contributed by atoms with Crippen LogP contribution in [0.5, 0.6) is 5.88 Å². The molecule has 1 N–H and O–H groups in total. The third kappa shape index (κ3) is 8.52. The number of hydrogen-bond donors (Lipinski definition) is 1. The number of nitrogens with one attached hydrogen (secondary N) is 1. The highest BCUT2D eigenvalue weighted by atomic mass is 16.6. The lowest BCUT2D eigenvalue weighted by atomic mass is 9.97. The molecule has 0 spiro atoms. The molecule has 3 amide bonds. The summed E-state index contributed by atoms with van der Waals surface area (Å²) in [7, 11) is 0. The van der Waals surface area contributed by atoms with Gasteiger partial charge in [0.15, 0.2) is 0 Å². The topological polar surface area (TPSA) is 108 Å². The minimum Gasteiger partial charge on any atom is -0.387 e. The first-order valence-electron chi connectivity index (χ1n) is 12.8. The van der Waals surface area contributed by atoms with Crippen LogP contribution in [0, 0.1) is 18.8 Å². The molecule has 0 aromatic carbocycles. The van der Waals surface area contributed by atoms with Gasteiger partial charge >= 0.3 is 6.09 Å². The zero-order valence-corrected chi connectivity index (χ0v) is 22.2. The van der Waals surface area contributed by atoms with E-state index in [0.29, 0.717) is 24.6 Å². The van der Waals surface area contributed by atoms with Crippen molar-refractivity contribution in [3.8, 4) is 5.88 Å². The van der Waals surface area contributed by atoms with E-state index in [1.807, 2.05) is 0 Å². The molecular formula is C25H43N5O5. The molecule has 1 aromatic heterocycles. The van der Waals surface area contributed by atoms with Crippen LogP contribution in [0.15, 0.2) is 10.8 Å². The summed E-state index contributed by atoms with van der Waals surface area (Å²) in [6, 6.07) is 0. The van der Waals surface area contributed by atoms with Crippen LogP contribution in [0.1, 0.15) is 65.9 Å². The Bertz CT molecular complexity index is 816. The second-order valence-corrected chi connectivity index (χ2v) is 10.0. The van der Waals surface area contributed by atoms with Crippen molar-refractivity contribution in [3.05, 3.63) is 11.8 Å². The molecule has 10 heteroatoms. The van der Waals surface area contributed by atoms with Crippen molar-refractivity contribution < 1.29 is 23.6 Å². The van der Waals surface area contributed by atoms with Crippen molar-refractivity contribution in [1.29, 1.82) is 0 Å². The lowest BCUT2D eigenvalue weighted by Gasteiger charge is -2.40. The second-order valence-electron chi connectivity index (χ2n) is 10.0. The number of piperazine rings is 1. The number of fused-ring (bicyclic) bond motifs is 1. The van der Waals surface area contributed by atoms with E-state index in [-0.39, 0.29) is 30.8 Å². The summed E-state index contributed by atoms with van der Waals surface area (Å²) < 4.78 is 10.0. The van der Waals surface area contributed by atoms with Gasteiger partial charge in [0, 0.05) is 6.54 Å². The van der Waals surface area contributed by atoms with E-state index >= 15 is 0 Å². The predicted molar refractivity (Wildman–Crippen MR) is 133 cm³/mol.